The van der Waals surface area contributed by atoms with Crippen molar-refractivity contribution in [1.82, 2.24) is 20.3 Å². The summed E-state index contributed by atoms with van der Waals surface area (Å²) in [6.07, 6.45) is 7.68. The van der Waals surface area contributed by atoms with E-state index < -0.39 is 0 Å². The first-order valence-electron chi connectivity index (χ1n) is 6.87. The van der Waals surface area contributed by atoms with Gasteiger partial charge in [-0.15, -0.1) is 5.10 Å². The molecule has 1 heterocycles. The van der Waals surface area contributed by atoms with Crippen LogP contribution in [0.4, 0.5) is 0 Å². The van der Waals surface area contributed by atoms with E-state index in [2.05, 4.69) is 22.6 Å². The average Bonchev–Trinajstić information content (AvgIpc) is 3.01. The topological polar surface area (TPSA) is 42.7 Å². The summed E-state index contributed by atoms with van der Waals surface area (Å²) < 4.78 is 1.93. The Morgan fingerprint density at radius 3 is 2.88 bits per heavy atom. The zero-order chi connectivity index (χ0) is 11.8. The van der Waals surface area contributed by atoms with Crippen LogP contribution in [0.1, 0.15) is 44.3 Å². The van der Waals surface area contributed by atoms with E-state index in [4.69, 9.17) is 0 Å². The van der Waals surface area contributed by atoms with Crippen LogP contribution in [0.2, 0.25) is 0 Å². The molecule has 4 heteroatoms. The van der Waals surface area contributed by atoms with E-state index in [9.17, 15) is 0 Å². The highest BCUT2D eigenvalue weighted by Crippen LogP contribution is 2.52. The van der Waals surface area contributed by atoms with E-state index in [0.717, 1.165) is 24.3 Å². The summed E-state index contributed by atoms with van der Waals surface area (Å²) in [6.45, 7) is 3.20. The number of rotatable bonds is 4. The first-order chi connectivity index (χ1) is 8.29. The highest BCUT2D eigenvalue weighted by atomic mass is 15.4. The molecule has 0 spiro atoms. The molecule has 17 heavy (non-hydrogen) atoms. The molecule has 2 aliphatic carbocycles. The number of fused-ring (bicyclic) bond motifs is 2. The van der Waals surface area contributed by atoms with Gasteiger partial charge in [-0.3, -0.25) is 4.68 Å². The van der Waals surface area contributed by atoms with Crippen LogP contribution in [-0.2, 0) is 7.05 Å². The summed E-state index contributed by atoms with van der Waals surface area (Å²) in [5, 5.41) is 11.8. The fourth-order valence-corrected chi connectivity index (χ4v) is 3.98. The zero-order valence-electron chi connectivity index (χ0n) is 10.8. The van der Waals surface area contributed by atoms with Gasteiger partial charge in [-0.05, 0) is 43.6 Å². The first-order valence-corrected chi connectivity index (χ1v) is 6.87. The van der Waals surface area contributed by atoms with Gasteiger partial charge < -0.3 is 5.32 Å². The molecule has 4 atom stereocenters. The second-order valence-corrected chi connectivity index (χ2v) is 5.66. The third-order valence-electron chi connectivity index (χ3n) is 4.71. The molecule has 4 unspecified atom stereocenters. The van der Waals surface area contributed by atoms with Gasteiger partial charge in [0.05, 0.1) is 17.9 Å². The third-order valence-corrected chi connectivity index (χ3v) is 4.71. The molecular weight excluding hydrogens is 212 g/mol. The zero-order valence-corrected chi connectivity index (χ0v) is 10.8. The molecule has 94 valence electrons. The van der Waals surface area contributed by atoms with Crippen LogP contribution in [0.3, 0.4) is 0 Å². The minimum atomic E-state index is 0.454. The maximum Gasteiger partial charge on any atom is 0.0756 e. The van der Waals surface area contributed by atoms with Crippen molar-refractivity contribution in [2.45, 2.75) is 38.6 Å². The van der Waals surface area contributed by atoms with E-state index in [0.29, 0.717) is 6.04 Å². The molecule has 2 bridgehead atoms. The molecule has 0 amide bonds. The van der Waals surface area contributed by atoms with Crippen molar-refractivity contribution in [1.29, 1.82) is 0 Å². The Bertz CT molecular complexity index is 387. The van der Waals surface area contributed by atoms with Gasteiger partial charge in [-0.25, -0.2) is 0 Å². The van der Waals surface area contributed by atoms with Gasteiger partial charge in [0.2, 0.25) is 0 Å². The van der Waals surface area contributed by atoms with Crippen molar-refractivity contribution in [3.8, 4) is 0 Å². The second kappa shape index (κ2) is 4.41. The smallest absolute Gasteiger partial charge is 0.0756 e. The predicted octanol–water partition coefficient (Wildman–Crippen LogP) is 1.90. The van der Waals surface area contributed by atoms with Crippen LogP contribution in [0, 0.1) is 17.8 Å². The number of nitrogens with one attached hydrogen (secondary N) is 1. The molecule has 0 radical (unpaired) electrons. The maximum absolute atomic E-state index is 4.08. The fourth-order valence-electron chi connectivity index (χ4n) is 3.98. The Labute approximate surface area is 103 Å². The van der Waals surface area contributed by atoms with Gasteiger partial charge in [0.1, 0.15) is 0 Å². The van der Waals surface area contributed by atoms with E-state index in [-0.39, 0.29) is 0 Å². The van der Waals surface area contributed by atoms with Gasteiger partial charge in [0, 0.05) is 7.05 Å². The summed E-state index contributed by atoms with van der Waals surface area (Å²) in [7, 11) is 2.00. The van der Waals surface area contributed by atoms with Gasteiger partial charge >= 0.3 is 0 Å². The lowest BCUT2D eigenvalue weighted by Gasteiger charge is -2.30. The highest BCUT2D eigenvalue weighted by Gasteiger charge is 2.43. The molecule has 1 aromatic heterocycles. The minimum Gasteiger partial charge on any atom is -0.309 e. The molecule has 0 aromatic carbocycles. The van der Waals surface area contributed by atoms with Gasteiger partial charge in [0.15, 0.2) is 0 Å². The van der Waals surface area contributed by atoms with Crippen LogP contribution in [-0.4, -0.2) is 21.5 Å². The summed E-state index contributed by atoms with van der Waals surface area (Å²) in [4.78, 5) is 0. The van der Waals surface area contributed by atoms with E-state index in [1.807, 2.05) is 17.9 Å². The Morgan fingerprint density at radius 1 is 1.47 bits per heavy atom. The molecule has 2 saturated carbocycles. The van der Waals surface area contributed by atoms with Gasteiger partial charge in [-0.2, -0.15) is 0 Å². The Hall–Kier alpha value is -0.900. The van der Waals surface area contributed by atoms with Crippen LogP contribution in [0.25, 0.3) is 0 Å². The number of hydrogen-bond acceptors (Lipinski definition) is 3. The Kier molecular flexibility index (Phi) is 2.90. The first kappa shape index (κ1) is 11.2. The molecule has 2 fully saturated rings. The lowest BCUT2D eigenvalue weighted by atomic mass is 9.82. The molecule has 4 nitrogen and oxygen atoms in total. The van der Waals surface area contributed by atoms with Crippen molar-refractivity contribution >= 4 is 0 Å². The molecule has 2 aliphatic rings. The summed E-state index contributed by atoms with van der Waals surface area (Å²) in [5.74, 6) is 2.72. The number of nitrogens with zero attached hydrogens (tertiary/aromatic N) is 3. The average molecular weight is 234 g/mol. The molecule has 0 aliphatic heterocycles. The monoisotopic (exact) mass is 234 g/mol. The number of aromatic nitrogens is 3. The largest absolute Gasteiger partial charge is 0.309 e. The molecule has 1 aromatic rings. The molecule has 0 saturated heterocycles. The summed E-state index contributed by atoms with van der Waals surface area (Å²) >= 11 is 0. The van der Waals surface area contributed by atoms with E-state index in [1.165, 1.54) is 31.4 Å². The van der Waals surface area contributed by atoms with Gasteiger partial charge in [-0.1, -0.05) is 18.6 Å². The Balaban J connectivity index is 1.83. The summed E-state index contributed by atoms with van der Waals surface area (Å²) in [5.41, 5.74) is 1.25. The quantitative estimate of drug-likeness (QED) is 0.865. The lowest BCUT2D eigenvalue weighted by Crippen LogP contribution is -2.32. The third kappa shape index (κ3) is 1.88. The molecule has 1 N–H and O–H groups in total. The normalized spacial score (nSPS) is 33.2. The van der Waals surface area contributed by atoms with Crippen molar-refractivity contribution in [2.24, 2.45) is 24.8 Å². The maximum atomic E-state index is 4.08. The SMILES string of the molecule is CCNC(c1cnnn1C)C1CC2CCC1C2. The van der Waals surface area contributed by atoms with Crippen molar-refractivity contribution < 1.29 is 0 Å². The lowest BCUT2D eigenvalue weighted by molar-refractivity contribution is 0.245. The van der Waals surface area contributed by atoms with Crippen molar-refractivity contribution in [3.05, 3.63) is 11.9 Å². The van der Waals surface area contributed by atoms with Crippen molar-refractivity contribution in [3.63, 3.8) is 0 Å². The van der Waals surface area contributed by atoms with Crippen LogP contribution in [0.15, 0.2) is 6.20 Å². The second-order valence-electron chi connectivity index (χ2n) is 5.66. The van der Waals surface area contributed by atoms with Crippen LogP contribution >= 0.6 is 0 Å². The minimum absolute atomic E-state index is 0.454. The molecular formula is C13H22N4. The van der Waals surface area contributed by atoms with E-state index in [1.54, 1.807) is 0 Å². The standard InChI is InChI=1S/C13H22N4/c1-3-14-13(12-8-15-16-17(12)2)11-7-9-4-5-10(11)6-9/h8-11,13-14H,3-7H2,1-2H3. The highest BCUT2D eigenvalue weighted by molar-refractivity contribution is 5.08. The van der Waals surface area contributed by atoms with E-state index >= 15 is 0 Å². The fraction of sp³-hybridized carbons (Fsp3) is 0.846. The van der Waals surface area contributed by atoms with Gasteiger partial charge in [0.25, 0.3) is 0 Å². The number of hydrogen-bond donors (Lipinski definition) is 1. The predicted molar refractivity (Wildman–Crippen MR) is 66.4 cm³/mol. The Morgan fingerprint density at radius 2 is 2.35 bits per heavy atom. The van der Waals surface area contributed by atoms with Crippen LogP contribution in [0.5, 0.6) is 0 Å². The summed E-state index contributed by atoms with van der Waals surface area (Å²) in [6, 6.07) is 0.454. The van der Waals surface area contributed by atoms with Crippen LogP contribution < -0.4 is 5.32 Å². The molecule has 3 rings (SSSR count). The van der Waals surface area contributed by atoms with Crippen molar-refractivity contribution in [2.75, 3.05) is 6.54 Å². The number of aryl methyl sites for hydroxylation is 1.